The van der Waals surface area contributed by atoms with Crippen LogP contribution in [0.25, 0.3) is 0 Å². The number of carbonyl (C=O) groups is 1. The van der Waals surface area contributed by atoms with Crippen LogP contribution in [0.2, 0.25) is 0 Å². The number of nitro groups is 2. The molecule has 0 aliphatic carbocycles. The van der Waals surface area contributed by atoms with E-state index in [0.717, 1.165) is 18.9 Å². The SMILES string of the molecule is CCCCCC(=O)Oc1c(C(C)CC)cc([N+](=O)[O-])cc1[N+](=O)[O-]. The summed E-state index contributed by atoms with van der Waals surface area (Å²) in [5, 5.41) is 22.3. The Bertz CT molecular complexity index is 629. The summed E-state index contributed by atoms with van der Waals surface area (Å²) >= 11 is 0. The van der Waals surface area contributed by atoms with E-state index in [2.05, 4.69) is 0 Å². The third kappa shape index (κ3) is 5.00. The van der Waals surface area contributed by atoms with Gasteiger partial charge in [0.25, 0.3) is 5.69 Å². The number of rotatable bonds is 9. The highest BCUT2D eigenvalue weighted by Gasteiger charge is 2.29. The summed E-state index contributed by atoms with van der Waals surface area (Å²) in [6.45, 7) is 5.62. The van der Waals surface area contributed by atoms with Gasteiger partial charge in [0.05, 0.1) is 15.9 Å². The Labute approximate surface area is 140 Å². The van der Waals surface area contributed by atoms with E-state index in [1.54, 1.807) is 6.92 Å². The van der Waals surface area contributed by atoms with Gasteiger partial charge < -0.3 is 4.74 Å². The first-order valence-corrected chi connectivity index (χ1v) is 7.99. The van der Waals surface area contributed by atoms with Crippen LogP contribution in [0, 0.1) is 20.2 Å². The Morgan fingerprint density at radius 1 is 1.17 bits per heavy atom. The molecule has 1 unspecified atom stereocenters. The molecule has 1 rings (SSSR count). The van der Waals surface area contributed by atoms with Crippen molar-refractivity contribution in [3.8, 4) is 5.75 Å². The Hall–Kier alpha value is -2.51. The van der Waals surface area contributed by atoms with Gasteiger partial charge in [0.2, 0.25) is 5.75 Å². The lowest BCUT2D eigenvalue weighted by molar-refractivity contribution is -0.394. The molecule has 8 heteroatoms. The van der Waals surface area contributed by atoms with Crippen molar-refractivity contribution in [2.75, 3.05) is 0 Å². The maximum absolute atomic E-state index is 12.0. The number of hydrogen-bond acceptors (Lipinski definition) is 6. The van der Waals surface area contributed by atoms with Crippen molar-refractivity contribution in [1.29, 1.82) is 0 Å². The molecule has 0 aliphatic rings. The third-order valence-electron chi connectivity index (χ3n) is 3.83. The van der Waals surface area contributed by atoms with Gasteiger partial charge in [0, 0.05) is 18.1 Å². The molecule has 8 nitrogen and oxygen atoms in total. The van der Waals surface area contributed by atoms with Crippen LogP contribution >= 0.6 is 0 Å². The summed E-state index contributed by atoms with van der Waals surface area (Å²) in [4.78, 5) is 32.8. The van der Waals surface area contributed by atoms with Crippen molar-refractivity contribution in [2.45, 2.75) is 58.8 Å². The molecule has 0 fully saturated rings. The quantitative estimate of drug-likeness (QED) is 0.215. The summed E-state index contributed by atoms with van der Waals surface area (Å²) in [6.07, 6.45) is 3.17. The molecule has 0 radical (unpaired) electrons. The minimum atomic E-state index is -0.756. The average molecular weight is 338 g/mol. The number of benzene rings is 1. The first-order chi connectivity index (χ1) is 11.3. The van der Waals surface area contributed by atoms with Crippen molar-refractivity contribution in [3.05, 3.63) is 37.9 Å². The van der Waals surface area contributed by atoms with Crippen LogP contribution in [0.3, 0.4) is 0 Å². The molecule has 1 atom stereocenters. The molecule has 132 valence electrons. The van der Waals surface area contributed by atoms with Crippen molar-refractivity contribution in [1.82, 2.24) is 0 Å². The highest BCUT2D eigenvalue weighted by molar-refractivity contribution is 5.75. The Morgan fingerprint density at radius 3 is 2.33 bits per heavy atom. The first kappa shape index (κ1) is 19.5. The molecule has 24 heavy (non-hydrogen) atoms. The number of hydrogen-bond donors (Lipinski definition) is 0. The van der Waals surface area contributed by atoms with Gasteiger partial charge in [0.1, 0.15) is 0 Å². The van der Waals surface area contributed by atoms with E-state index in [0.29, 0.717) is 18.4 Å². The number of unbranched alkanes of at least 4 members (excludes halogenated alkanes) is 2. The fraction of sp³-hybridized carbons (Fsp3) is 0.562. The van der Waals surface area contributed by atoms with Crippen molar-refractivity contribution in [2.24, 2.45) is 0 Å². The Kier molecular flexibility index (Phi) is 7.29. The van der Waals surface area contributed by atoms with Gasteiger partial charge in [-0.05, 0) is 18.8 Å². The highest BCUT2D eigenvalue weighted by Crippen LogP contribution is 2.40. The number of nitrogens with zero attached hydrogens (tertiary/aromatic N) is 2. The van der Waals surface area contributed by atoms with Crippen molar-refractivity contribution < 1.29 is 19.4 Å². The van der Waals surface area contributed by atoms with Gasteiger partial charge >= 0.3 is 11.7 Å². The Balaban J connectivity index is 3.30. The number of non-ortho nitro benzene ring substituents is 1. The van der Waals surface area contributed by atoms with Crippen LogP contribution in [-0.2, 0) is 4.79 Å². The minimum absolute atomic E-state index is 0.155. The lowest BCUT2D eigenvalue weighted by Crippen LogP contribution is -2.12. The van der Waals surface area contributed by atoms with Crippen LogP contribution in [-0.4, -0.2) is 15.8 Å². The summed E-state index contributed by atoms with van der Waals surface area (Å²) < 4.78 is 5.24. The van der Waals surface area contributed by atoms with Crippen LogP contribution in [0.5, 0.6) is 5.75 Å². The molecule has 0 saturated carbocycles. The zero-order chi connectivity index (χ0) is 18.3. The average Bonchev–Trinajstić information content (AvgIpc) is 2.53. The standard InChI is InChI=1S/C16H22N2O6/c1-4-6-7-8-15(19)24-16-13(11(3)5-2)9-12(17(20)21)10-14(16)18(22)23/h9-11H,4-8H2,1-3H3. The largest absolute Gasteiger partial charge is 0.419 e. The molecule has 0 aromatic heterocycles. The number of nitro benzene ring substituents is 2. The first-order valence-electron chi connectivity index (χ1n) is 7.99. The summed E-state index contributed by atoms with van der Waals surface area (Å²) in [7, 11) is 0. The molecular weight excluding hydrogens is 316 g/mol. The lowest BCUT2D eigenvalue weighted by Gasteiger charge is -2.15. The van der Waals surface area contributed by atoms with Crippen LogP contribution in [0.4, 0.5) is 11.4 Å². The fourth-order valence-electron chi connectivity index (χ4n) is 2.24. The molecule has 1 aromatic rings. The number of esters is 1. The van der Waals surface area contributed by atoms with Gasteiger partial charge in [0.15, 0.2) is 0 Å². The second-order valence-corrected chi connectivity index (χ2v) is 5.64. The van der Waals surface area contributed by atoms with Crippen LogP contribution < -0.4 is 4.74 Å². The van der Waals surface area contributed by atoms with E-state index >= 15 is 0 Å². The predicted octanol–water partition coefficient (Wildman–Crippen LogP) is 4.50. The van der Waals surface area contributed by atoms with Gasteiger partial charge in [-0.3, -0.25) is 25.0 Å². The number of carbonyl (C=O) groups excluding carboxylic acids is 1. The highest BCUT2D eigenvalue weighted by atomic mass is 16.6. The van der Waals surface area contributed by atoms with Gasteiger partial charge in [-0.25, -0.2) is 0 Å². The molecule has 0 bridgehead atoms. The maximum Gasteiger partial charge on any atom is 0.318 e. The normalized spacial score (nSPS) is 11.8. The summed E-state index contributed by atoms with van der Waals surface area (Å²) in [5.74, 6) is -0.964. The van der Waals surface area contributed by atoms with Gasteiger partial charge in [-0.1, -0.05) is 33.6 Å². The second kappa shape index (κ2) is 8.95. The van der Waals surface area contributed by atoms with Gasteiger partial charge in [-0.2, -0.15) is 0 Å². The smallest absolute Gasteiger partial charge is 0.318 e. The van der Waals surface area contributed by atoms with E-state index in [1.165, 1.54) is 6.07 Å². The third-order valence-corrected chi connectivity index (χ3v) is 3.83. The minimum Gasteiger partial charge on any atom is -0.419 e. The molecular formula is C16H22N2O6. The molecule has 0 heterocycles. The van der Waals surface area contributed by atoms with Crippen molar-refractivity contribution >= 4 is 17.3 Å². The van der Waals surface area contributed by atoms with E-state index in [9.17, 15) is 25.0 Å². The zero-order valence-electron chi connectivity index (χ0n) is 14.1. The number of ether oxygens (including phenoxy) is 1. The summed E-state index contributed by atoms with van der Waals surface area (Å²) in [6, 6.07) is 2.08. The predicted molar refractivity (Wildman–Crippen MR) is 88.2 cm³/mol. The topological polar surface area (TPSA) is 113 Å². The van der Waals surface area contributed by atoms with E-state index in [4.69, 9.17) is 4.74 Å². The maximum atomic E-state index is 12.0. The van der Waals surface area contributed by atoms with Gasteiger partial charge in [-0.15, -0.1) is 0 Å². The zero-order valence-corrected chi connectivity index (χ0v) is 14.1. The van der Waals surface area contributed by atoms with Crippen LogP contribution in [0.15, 0.2) is 12.1 Å². The van der Waals surface area contributed by atoms with Crippen LogP contribution in [0.1, 0.15) is 64.4 Å². The Morgan fingerprint density at radius 2 is 1.83 bits per heavy atom. The van der Waals surface area contributed by atoms with E-state index in [1.807, 2.05) is 13.8 Å². The molecule has 1 aromatic carbocycles. The summed E-state index contributed by atoms with van der Waals surface area (Å²) in [5.41, 5.74) is -0.631. The molecule has 0 aliphatic heterocycles. The van der Waals surface area contributed by atoms with Crippen molar-refractivity contribution in [3.63, 3.8) is 0 Å². The van der Waals surface area contributed by atoms with E-state index in [-0.39, 0.29) is 23.8 Å². The molecule has 0 N–H and O–H groups in total. The molecule has 0 saturated heterocycles. The monoisotopic (exact) mass is 338 g/mol. The fourth-order valence-corrected chi connectivity index (χ4v) is 2.24. The lowest BCUT2D eigenvalue weighted by atomic mass is 9.96. The molecule has 0 spiro atoms. The second-order valence-electron chi connectivity index (χ2n) is 5.64. The molecule has 0 amide bonds. The van der Waals surface area contributed by atoms with E-state index < -0.39 is 21.5 Å².